The highest BCUT2D eigenvalue weighted by molar-refractivity contribution is 6.02. The average molecular weight is 312 g/mol. The molecule has 1 fully saturated rings. The topological polar surface area (TPSA) is 110 Å². The van der Waals surface area contributed by atoms with Crippen molar-refractivity contribution in [2.24, 2.45) is 11.1 Å². The van der Waals surface area contributed by atoms with Crippen LogP contribution in [0.3, 0.4) is 0 Å². The highest BCUT2D eigenvalue weighted by atomic mass is 19.4. The van der Waals surface area contributed by atoms with Gasteiger partial charge in [0.1, 0.15) is 0 Å². The van der Waals surface area contributed by atoms with E-state index >= 15 is 0 Å². The molecule has 1 aliphatic rings. The van der Waals surface area contributed by atoms with Crippen molar-refractivity contribution in [2.75, 3.05) is 19.7 Å². The van der Waals surface area contributed by atoms with E-state index in [4.69, 9.17) is 10.8 Å². The molecule has 0 bridgehead atoms. The number of hydrogen-bond donors (Lipinski definition) is 2. The number of halogens is 3. The predicted molar refractivity (Wildman–Crippen MR) is 61.9 cm³/mol. The summed E-state index contributed by atoms with van der Waals surface area (Å²) >= 11 is 0. The van der Waals surface area contributed by atoms with Crippen LogP contribution < -0.4 is 5.73 Å². The summed E-state index contributed by atoms with van der Waals surface area (Å²) in [6, 6.07) is -1.76. The number of aliphatic carboxylic acids is 1. The van der Waals surface area contributed by atoms with Crippen molar-refractivity contribution in [3.8, 4) is 0 Å². The molecular weight excluding hydrogens is 297 g/mol. The van der Waals surface area contributed by atoms with Gasteiger partial charge in [-0.3, -0.25) is 9.59 Å². The Balaban J connectivity index is 2.88. The van der Waals surface area contributed by atoms with E-state index in [9.17, 15) is 27.6 Å². The number of carboxylic acid groups (broad SMARTS) is 1. The monoisotopic (exact) mass is 312 g/mol. The molecule has 1 amide bonds. The molecule has 1 saturated heterocycles. The normalized spacial score (nSPS) is 23.8. The largest absolute Gasteiger partial charge is 0.481 e. The molecule has 10 heteroatoms. The van der Waals surface area contributed by atoms with Gasteiger partial charge >= 0.3 is 18.1 Å². The summed E-state index contributed by atoms with van der Waals surface area (Å²) in [7, 11) is 0. The number of carbonyl (C=O) groups excluding carboxylic acids is 2. The van der Waals surface area contributed by atoms with Crippen LogP contribution in [-0.4, -0.2) is 59.8 Å². The SMILES string of the molecule is CCOC(=O)C(N)C(=O)N1CCC(C(=O)O)(C(F)(F)F)C1. The van der Waals surface area contributed by atoms with Gasteiger partial charge in [0.05, 0.1) is 6.61 Å². The van der Waals surface area contributed by atoms with Gasteiger partial charge in [-0.2, -0.15) is 13.2 Å². The molecule has 1 rings (SSSR count). The second-order valence-electron chi connectivity index (χ2n) is 4.62. The van der Waals surface area contributed by atoms with Crippen LogP contribution in [0.15, 0.2) is 0 Å². The number of carboxylic acids is 1. The van der Waals surface area contributed by atoms with Gasteiger partial charge in [-0.1, -0.05) is 0 Å². The third-order valence-electron chi connectivity index (χ3n) is 3.34. The molecule has 0 aromatic heterocycles. The summed E-state index contributed by atoms with van der Waals surface area (Å²) in [6.07, 6.45) is -5.80. The maximum atomic E-state index is 12.9. The Labute approximate surface area is 117 Å². The Morgan fingerprint density at radius 1 is 1.43 bits per heavy atom. The number of carbonyl (C=O) groups is 3. The standard InChI is InChI=1S/C11H15F3N2O5/c1-2-21-8(18)6(15)7(17)16-4-3-10(5-16,9(19)20)11(12,13)14/h6H,2-5,15H2,1H3,(H,19,20). The van der Waals surface area contributed by atoms with Crippen molar-refractivity contribution in [1.29, 1.82) is 0 Å². The highest BCUT2D eigenvalue weighted by Gasteiger charge is 2.64. The number of rotatable bonds is 4. The van der Waals surface area contributed by atoms with Crippen molar-refractivity contribution in [2.45, 2.75) is 25.6 Å². The minimum Gasteiger partial charge on any atom is -0.481 e. The average Bonchev–Trinajstić information content (AvgIpc) is 2.83. The van der Waals surface area contributed by atoms with Crippen LogP contribution in [0.25, 0.3) is 0 Å². The molecule has 0 aromatic carbocycles. The molecule has 7 nitrogen and oxygen atoms in total. The lowest BCUT2D eigenvalue weighted by Gasteiger charge is -2.27. The first kappa shape index (κ1) is 17.2. The van der Waals surface area contributed by atoms with E-state index in [2.05, 4.69) is 4.74 Å². The molecule has 3 N–H and O–H groups in total. The third-order valence-corrected chi connectivity index (χ3v) is 3.34. The zero-order valence-electron chi connectivity index (χ0n) is 11.1. The van der Waals surface area contributed by atoms with Crippen LogP contribution >= 0.6 is 0 Å². The number of ether oxygens (including phenoxy) is 1. The number of esters is 1. The zero-order chi connectivity index (χ0) is 16.4. The van der Waals surface area contributed by atoms with E-state index < -0.39 is 55.0 Å². The van der Waals surface area contributed by atoms with Gasteiger partial charge in [0.25, 0.3) is 5.91 Å². The molecule has 0 radical (unpaired) electrons. The quantitative estimate of drug-likeness (QED) is 0.547. The van der Waals surface area contributed by atoms with E-state index in [0.29, 0.717) is 4.90 Å². The first-order chi connectivity index (χ1) is 9.56. The highest BCUT2D eigenvalue weighted by Crippen LogP contribution is 2.45. The lowest BCUT2D eigenvalue weighted by atomic mass is 9.86. The third kappa shape index (κ3) is 3.09. The van der Waals surface area contributed by atoms with Crippen LogP contribution in [0.2, 0.25) is 0 Å². The van der Waals surface area contributed by atoms with Crippen molar-refractivity contribution in [3.05, 3.63) is 0 Å². The second kappa shape index (κ2) is 5.88. The number of amides is 1. The summed E-state index contributed by atoms with van der Waals surface area (Å²) in [6.45, 7) is -0.0823. The lowest BCUT2D eigenvalue weighted by Crippen LogP contribution is -2.51. The smallest absolute Gasteiger partial charge is 0.406 e. The van der Waals surface area contributed by atoms with E-state index in [1.165, 1.54) is 6.92 Å². The van der Waals surface area contributed by atoms with Gasteiger partial charge in [0.15, 0.2) is 11.5 Å². The first-order valence-corrected chi connectivity index (χ1v) is 6.08. The van der Waals surface area contributed by atoms with E-state index in [-0.39, 0.29) is 6.61 Å². The fourth-order valence-electron chi connectivity index (χ4n) is 2.05. The maximum absolute atomic E-state index is 12.9. The van der Waals surface area contributed by atoms with Gasteiger partial charge < -0.3 is 20.5 Å². The zero-order valence-corrected chi connectivity index (χ0v) is 11.1. The van der Waals surface area contributed by atoms with Gasteiger partial charge in [-0.05, 0) is 13.3 Å². The predicted octanol–water partition coefficient (Wildman–Crippen LogP) is -0.258. The Hall–Kier alpha value is -1.84. The summed E-state index contributed by atoms with van der Waals surface area (Å²) in [5.74, 6) is -4.21. The molecule has 2 unspecified atom stereocenters. The van der Waals surface area contributed by atoms with Gasteiger partial charge in [0, 0.05) is 13.1 Å². The van der Waals surface area contributed by atoms with E-state index in [1.54, 1.807) is 0 Å². The Morgan fingerprint density at radius 3 is 2.38 bits per heavy atom. The van der Waals surface area contributed by atoms with Crippen LogP contribution in [0.4, 0.5) is 13.2 Å². The van der Waals surface area contributed by atoms with Crippen LogP contribution in [0, 0.1) is 5.41 Å². The van der Waals surface area contributed by atoms with E-state index in [0.717, 1.165) is 0 Å². The fourth-order valence-corrected chi connectivity index (χ4v) is 2.05. The minimum absolute atomic E-state index is 0.0403. The van der Waals surface area contributed by atoms with Crippen molar-refractivity contribution in [3.63, 3.8) is 0 Å². The van der Waals surface area contributed by atoms with Gasteiger partial charge in [-0.25, -0.2) is 4.79 Å². The Morgan fingerprint density at radius 2 is 2.00 bits per heavy atom. The second-order valence-corrected chi connectivity index (χ2v) is 4.62. The lowest BCUT2D eigenvalue weighted by molar-refractivity contribution is -0.227. The summed E-state index contributed by atoms with van der Waals surface area (Å²) in [5.41, 5.74) is 2.28. The van der Waals surface area contributed by atoms with Crippen molar-refractivity contribution in [1.82, 2.24) is 4.90 Å². The molecule has 1 heterocycles. The first-order valence-electron chi connectivity index (χ1n) is 6.08. The van der Waals surface area contributed by atoms with Crippen LogP contribution in [0.1, 0.15) is 13.3 Å². The number of nitrogens with two attached hydrogens (primary N) is 1. The number of alkyl halides is 3. The molecule has 120 valence electrons. The molecule has 0 spiro atoms. The molecule has 1 aliphatic heterocycles. The van der Waals surface area contributed by atoms with Gasteiger partial charge in [-0.15, -0.1) is 0 Å². The number of nitrogens with zero attached hydrogens (tertiary/aromatic N) is 1. The molecule has 21 heavy (non-hydrogen) atoms. The van der Waals surface area contributed by atoms with Gasteiger partial charge in [0.2, 0.25) is 0 Å². The Kier molecular flexibility index (Phi) is 4.82. The number of hydrogen-bond acceptors (Lipinski definition) is 5. The summed E-state index contributed by atoms with van der Waals surface area (Å²) in [4.78, 5) is 34.7. The number of likely N-dealkylation sites (tertiary alicyclic amines) is 1. The Bertz CT molecular complexity index is 454. The van der Waals surface area contributed by atoms with E-state index in [1.807, 2.05) is 0 Å². The molecule has 0 aliphatic carbocycles. The van der Waals surface area contributed by atoms with Crippen LogP contribution in [0.5, 0.6) is 0 Å². The molecule has 2 atom stereocenters. The van der Waals surface area contributed by atoms with Crippen molar-refractivity contribution >= 4 is 17.8 Å². The van der Waals surface area contributed by atoms with Crippen LogP contribution in [-0.2, 0) is 19.1 Å². The minimum atomic E-state index is -5.01. The molecule has 0 saturated carbocycles. The fraction of sp³-hybridized carbons (Fsp3) is 0.727. The molecule has 0 aromatic rings. The van der Waals surface area contributed by atoms with Crippen molar-refractivity contribution < 1.29 is 37.4 Å². The molecular formula is C11H15F3N2O5. The summed E-state index contributed by atoms with van der Waals surface area (Å²) < 4.78 is 43.3. The maximum Gasteiger partial charge on any atom is 0.406 e. The summed E-state index contributed by atoms with van der Waals surface area (Å²) in [5, 5.41) is 8.85.